The van der Waals surface area contributed by atoms with Gasteiger partial charge in [0.15, 0.2) is 0 Å². The van der Waals surface area contributed by atoms with Crippen molar-refractivity contribution in [1.82, 2.24) is 4.90 Å². The van der Waals surface area contributed by atoms with Gasteiger partial charge in [0, 0.05) is 18.8 Å². The predicted octanol–water partition coefficient (Wildman–Crippen LogP) is 1.62. The smallest absolute Gasteiger partial charge is 0.369 e. The Kier molecular flexibility index (Phi) is 3.87. The SMILES string of the molecule is CC(C)(C)OC(=O)C1(O)C(=O)C=CN1Cc1ccccc1. The van der Waals surface area contributed by atoms with Gasteiger partial charge >= 0.3 is 11.7 Å². The minimum atomic E-state index is -2.29. The molecule has 0 radical (unpaired) electrons. The Balaban J connectivity index is 2.23. The molecule has 1 unspecified atom stereocenters. The molecule has 1 N–H and O–H groups in total. The average molecular weight is 289 g/mol. The third kappa shape index (κ3) is 3.13. The van der Waals surface area contributed by atoms with Crippen LogP contribution in [0.25, 0.3) is 0 Å². The molecule has 1 atom stereocenters. The molecule has 21 heavy (non-hydrogen) atoms. The van der Waals surface area contributed by atoms with Crippen LogP contribution in [0.3, 0.4) is 0 Å². The summed E-state index contributed by atoms with van der Waals surface area (Å²) in [6.45, 7) is 5.28. The van der Waals surface area contributed by atoms with Crippen molar-refractivity contribution in [2.75, 3.05) is 0 Å². The number of aliphatic hydroxyl groups is 1. The largest absolute Gasteiger partial charge is 0.456 e. The van der Waals surface area contributed by atoms with Crippen LogP contribution < -0.4 is 0 Å². The van der Waals surface area contributed by atoms with Crippen molar-refractivity contribution in [3.05, 3.63) is 48.2 Å². The Morgan fingerprint density at radius 3 is 2.48 bits per heavy atom. The van der Waals surface area contributed by atoms with Gasteiger partial charge in [0.25, 0.3) is 0 Å². The zero-order valence-corrected chi connectivity index (χ0v) is 12.4. The zero-order valence-electron chi connectivity index (χ0n) is 12.4. The van der Waals surface area contributed by atoms with Gasteiger partial charge in [-0.3, -0.25) is 4.79 Å². The minimum absolute atomic E-state index is 0.235. The van der Waals surface area contributed by atoms with Gasteiger partial charge in [-0.2, -0.15) is 0 Å². The van der Waals surface area contributed by atoms with Crippen LogP contribution in [-0.4, -0.2) is 33.1 Å². The van der Waals surface area contributed by atoms with E-state index in [0.717, 1.165) is 5.56 Å². The molecule has 1 heterocycles. The zero-order chi connectivity index (χ0) is 15.7. The van der Waals surface area contributed by atoms with E-state index in [4.69, 9.17) is 4.74 Å². The molecule has 0 aromatic heterocycles. The first kappa shape index (κ1) is 15.3. The molecule has 112 valence electrons. The van der Waals surface area contributed by atoms with Gasteiger partial charge in [-0.05, 0) is 26.3 Å². The molecule has 5 heteroatoms. The Hall–Kier alpha value is -2.14. The summed E-state index contributed by atoms with van der Waals surface area (Å²) in [6, 6.07) is 9.28. The second kappa shape index (κ2) is 5.33. The summed E-state index contributed by atoms with van der Waals surface area (Å²) in [5.74, 6) is -1.64. The van der Waals surface area contributed by atoms with Crippen LogP contribution in [0.5, 0.6) is 0 Å². The first-order valence-electron chi connectivity index (χ1n) is 6.72. The van der Waals surface area contributed by atoms with Crippen LogP contribution in [0.4, 0.5) is 0 Å². The van der Waals surface area contributed by atoms with E-state index in [9.17, 15) is 14.7 Å². The second-order valence-electron chi connectivity index (χ2n) is 5.97. The summed E-state index contributed by atoms with van der Waals surface area (Å²) >= 11 is 0. The van der Waals surface area contributed by atoms with E-state index in [1.165, 1.54) is 17.2 Å². The van der Waals surface area contributed by atoms with Gasteiger partial charge in [0.2, 0.25) is 5.78 Å². The number of ketones is 1. The summed E-state index contributed by atoms with van der Waals surface area (Å²) in [4.78, 5) is 25.5. The number of ether oxygens (including phenoxy) is 1. The molecule has 0 fully saturated rings. The normalized spacial score (nSPS) is 21.7. The maximum Gasteiger partial charge on any atom is 0.369 e. The maximum absolute atomic E-state index is 12.2. The molecule has 5 nitrogen and oxygen atoms in total. The van der Waals surface area contributed by atoms with Gasteiger partial charge < -0.3 is 14.7 Å². The molecule has 0 bridgehead atoms. The molecule has 1 aliphatic rings. The average Bonchev–Trinajstić information content (AvgIpc) is 2.67. The highest BCUT2D eigenvalue weighted by Gasteiger charge is 2.52. The molecule has 1 aromatic carbocycles. The molecular formula is C16H19NO4. The summed E-state index contributed by atoms with van der Waals surface area (Å²) in [5.41, 5.74) is -2.20. The minimum Gasteiger partial charge on any atom is -0.456 e. The van der Waals surface area contributed by atoms with Gasteiger partial charge in [-0.25, -0.2) is 4.79 Å². The summed E-state index contributed by atoms with van der Waals surface area (Å²) in [5, 5.41) is 10.6. The number of hydrogen-bond donors (Lipinski definition) is 1. The first-order valence-corrected chi connectivity index (χ1v) is 6.72. The second-order valence-corrected chi connectivity index (χ2v) is 5.97. The lowest BCUT2D eigenvalue weighted by Crippen LogP contribution is -2.56. The number of hydrogen-bond acceptors (Lipinski definition) is 5. The molecule has 0 saturated carbocycles. The third-order valence-electron chi connectivity index (χ3n) is 3.04. The molecule has 0 amide bonds. The standard InChI is InChI=1S/C16H19NO4/c1-15(2,3)21-14(19)16(20)13(18)9-10-17(16)11-12-7-5-4-6-8-12/h4-10,20H,11H2,1-3H3. The van der Waals surface area contributed by atoms with Crippen LogP contribution in [0.1, 0.15) is 26.3 Å². The molecule has 1 aliphatic heterocycles. The van der Waals surface area contributed by atoms with Crippen LogP contribution in [-0.2, 0) is 20.9 Å². The topological polar surface area (TPSA) is 66.8 Å². The molecule has 0 aliphatic carbocycles. The van der Waals surface area contributed by atoms with Crippen molar-refractivity contribution in [1.29, 1.82) is 0 Å². The van der Waals surface area contributed by atoms with Crippen LogP contribution in [0.15, 0.2) is 42.6 Å². The van der Waals surface area contributed by atoms with Gasteiger partial charge in [-0.15, -0.1) is 0 Å². The number of benzene rings is 1. The molecular weight excluding hydrogens is 270 g/mol. The van der Waals surface area contributed by atoms with Gasteiger partial charge in [0.1, 0.15) is 5.60 Å². The monoisotopic (exact) mass is 289 g/mol. The van der Waals surface area contributed by atoms with Crippen LogP contribution >= 0.6 is 0 Å². The third-order valence-corrected chi connectivity index (χ3v) is 3.04. The first-order chi connectivity index (χ1) is 9.73. The van der Waals surface area contributed by atoms with E-state index in [2.05, 4.69) is 0 Å². The van der Waals surface area contributed by atoms with Gasteiger partial charge in [-0.1, -0.05) is 30.3 Å². The van der Waals surface area contributed by atoms with E-state index in [1.807, 2.05) is 30.3 Å². The molecule has 1 aromatic rings. The predicted molar refractivity (Wildman–Crippen MR) is 76.9 cm³/mol. The number of esters is 1. The van der Waals surface area contributed by atoms with Gasteiger partial charge in [0.05, 0.1) is 0 Å². The Bertz CT molecular complexity index is 574. The lowest BCUT2D eigenvalue weighted by molar-refractivity contribution is -0.193. The lowest BCUT2D eigenvalue weighted by Gasteiger charge is -2.33. The van der Waals surface area contributed by atoms with E-state index < -0.39 is 23.1 Å². The fraction of sp³-hybridized carbons (Fsp3) is 0.375. The lowest BCUT2D eigenvalue weighted by atomic mass is 10.1. The van der Waals surface area contributed by atoms with Crippen molar-refractivity contribution in [3.8, 4) is 0 Å². The fourth-order valence-corrected chi connectivity index (χ4v) is 2.04. The van der Waals surface area contributed by atoms with Crippen molar-refractivity contribution in [2.45, 2.75) is 38.6 Å². The Morgan fingerprint density at radius 1 is 1.29 bits per heavy atom. The summed E-state index contributed by atoms with van der Waals surface area (Å²) in [6.07, 6.45) is 2.60. The summed E-state index contributed by atoms with van der Waals surface area (Å²) in [7, 11) is 0. The highest BCUT2D eigenvalue weighted by molar-refractivity contribution is 6.13. The van der Waals surface area contributed by atoms with E-state index >= 15 is 0 Å². The molecule has 2 rings (SSSR count). The highest BCUT2D eigenvalue weighted by atomic mass is 16.6. The Labute approximate surface area is 123 Å². The van der Waals surface area contributed by atoms with Crippen LogP contribution in [0.2, 0.25) is 0 Å². The van der Waals surface area contributed by atoms with E-state index in [-0.39, 0.29) is 6.54 Å². The maximum atomic E-state index is 12.2. The summed E-state index contributed by atoms with van der Waals surface area (Å²) < 4.78 is 5.17. The van der Waals surface area contributed by atoms with Crippen molar-refractivity contribution in [3.63, 3.8) is 0 Å². The van der Waals surface area contributed by atoms with Crippen molar-refractivity contribution < 1.29 is 19.4 Å². The highest BCUT2D eigenvalue weighted by Crippen LogP contribution is 2.27. The fourth-order valence-electron chi connectivity index (χ4n) is 2.04. The molecule has 0 saturated heterocycles. The number of nitrogens with zero attached hydrogens (tertiary/aromatic N) is 1. The molecule has 0 spiro atoms. The van der Waals surface area contributed by atoms with Crippen LogP contribution in [0, 0.1) is 0 Å². The number of carbonyl (C=O) groups excluding carboxylic acids is 2. The quantitative estimate of drug-likeness (QED) is 0.676. The van der Waals surface area contributed by atoms with Crippen molar-refractivity contribution in [2.24, 2.45) is 0 Å². The Morgan fingerprint density at radius 2 is 1.90 bits per heavy atom. The van der Waals surface area contributed by atoms with E-state index in [0.29, 0.717) is 0 Å². The van der Waals surface area contributed by atoms with E-state index in [1.54, 1.807) is 20.8 Å². The number of carbonyl (C=O) groups is 2. The number of rotatable bonds is 3. The van der Waals surface area contributed by atoms with Crippen molar-refractivity contribution >= 4 is 11.8 Å².